The van der Waals surface area contributed by atoms with Gasteiger partial charge >= 0.3 is 0 Å². The quantitative estimate of drug-likeness (QED) is 0.829. The van der Waals surface area contributed by atoms with Gasteiger partial charge in [-0.25, -0.2) is 0 Å². The van der Waals surface area contributed by atoms with Gasteiger partial charge in [0.1, 0.15) is 0 Å². The number of nitrogens with one attached hydrogen (secondary N) is 1. The minimum Gasteiger partial charge on any atom is -0.381 e. The highest BCUT2D eigenvalue weighted by molar-refractivity contribution is 7.85. The summed E-state index contributed by atoms with van der Waals surface area (Å²) in [6, 6.07) is 1.14. The van der Waals surface area contributed by atoms with Gasteiger partial charge < -0.3 is 14.8 Å². The molecule has 0 aromatic heterocycles. The molecule has 1 atom stereocenters. The zero-order valence-electron chi connectivity index (χ0n) is 11.6. The number of ether oxygens (including phenoxy) is 2. The van der Waals surface area contributed by atoms with E-state index in [2.05, 4.69) is 5.32 Å². The largest absolute Gasteiger partial charge is 0.381 e. The van der Waals surface area contributed by atoms with Gasteiger partial charge in [0.15, 0.2) is 0 Å². The van der Waals surface area contributed by atoms with Gasteiger partial charge in [-0.2, -0.15) is 0 Å². The third kappa shape index (κ3) is 3.57. The highest BCUT2D eigenvalue weighted by Crippen LogP contribution is 2.34. The van der Waals surface area contributed by atoms with Crippen LogP contribution in [0.4, 0.5) is 0 Å². The Kier molecular flexibility index (Phi) is 4.57. The summed E-state index contributed by atoms with van der Waals surface area (Å²) in [5.41, 5.74) is 0.0751. The average Bonchev–Trinajstić information content (AvgIpc) is 2.42. The molecule has 3 fully saturated rings. The van der Waals surface area contributed by atoms with Crippen LogP contribution in [0.25, 0.3) is 0 Å². The Hall–Kier alpha value is 0.0300. The second-order valence-corrected chi connectivity index (χ2v) is 7.82. The lowest BCUT2D eigenvalue weighted by Crippen LogP contribution is -2.52. The van der Waals surface area contributed by atoms with Gasteiger partial charge in [0.2, 0.25) is 0 Å². The van der Waals surface area contributed by atoms with Crippen LogP contribution in [-0.4, -0.2) is 53.2 Å². The standard InChI is InChI=1S/C14H25NO3S/c16-19-9-2-12(3-10-19)15-13-1-6-18-14(11-13)4-7-17-8-5-14/h12-13,15H,1-11H2. The van der Waals surface area contributed by atoms with Crippen molar-refractivity contribution in [2.24, 2.45) is 0 Å². The van der Waals surface area contributed by atoms with Crippen molar-refractivity contribution in [2.75, 3.05) is 31.3 Å². The Morgan fingerprint density at radius 3 is 2.47 bits per heavy atom. The van der Waals surface area contributed by atoms with E-state index in [-0.39, 0.29) is 5.60 Å². The molecule has 110 valence electrons. The molecule has 4 nitrogen and oxygen atoms in total. The molecule has 1 unspecified atom stereocenters. The molecule has 3 aliphatic heterocycles. The maximum atomic E-state index is 11.4. The van der Waals surface area contributed by atoms with Crippen molar-refractivity contribution < 1.29 is 13.7 Å². The Morgan fingerprint density at radius 1 is 1.00 bits per heavy atom. The third-order valence-corrected chi connectivity index (χ3v) is 6.14. The summed E-state index contributed by atoms with van der Waals surface area (Å²) in [6.45, 7) is 2.56. The molecule has 3 heterocycles. The predicted molar refractivity (Wildman–Crippen MR) is 75.8 cm³/mol. The molecule has 0 bridgehead atoms. The first-order chi connectivity index (χ1) is 9.26. The van der Waals surface area contributed by atoms with E-state index < -0.39 is 10.8 Å². The first kappa shape index (κ1) is 14.0. The molecule has 0 aromatic rings. The minimum atomic E-state index is -0.559. The molecule has 1 N–H and O–H groups in total. The Morgan fingerprint density at radius 2 is 1.74 bits per heavy atom. The summed E-state index contributed by atoms with van der Waals surface area (Å²) in [6.07, 6.45) is 6.46. The van der Waals surface area contributed by atoms with Gasteiger partial charge in [-0.15, -0.1) is 0 Å². The monoisotopic (exact) mass is 287 g/mol. The van der Waals surface area contributed by atoms with Gasteiger partial charge in [-0.1, -0.05) is 0 Å². The molecule has 5 heteroatoms. The summed E-state index contributed by atoms with van der Waals surface area (Å²) in [5.74, 6) is 1.75. The smallest absolute Gasteiger partial charge is 0.0741 e. The van der Waals surface area contributed by atoms with E-state index in [1.165, 1.54) is 0 Å². The molecule has 0 amide bonds. The second kappa shape index (κ2) is 6.20. The molecule has 1 spiro atoms. The van der Waals surface area contributed by atoms with Crippen molar-refractivity contribution >= 4 is 10.8 Å². The Bertz CT molecular complexity index is 315. The highest BCUT2D eigenvalue weighted by Gasteiger charge is 2.39. The Balaban J connectivity index is 1.52. The van der Waals surface area contributed by atoms with Crippen molar-refractivity contribution in [3.8, 4) is 0 Å². The fourth-order valence-electron chi connectivity index (χ4n) is 3.56. The van der Waals surface area contributed by atoms with Gasteiger partial charge in [-0.05, 0) is 38.5 Å². The lowest BCUT2D eigenvalue weighted by atomic mass is 9.83. The van der Waals surface area contributed by atoms with E-state index >= 15 is 0 Å². The lowest BCUT2D eigenvalue weighted by Gasteiger charge is -2.44. The van der Waals surface area contributed by atoms with E-state index in [1.807, 2.05) is 0 Å². The molecule has 3 aliphatic rings. The molecule has 0 radical (unpaired) electrons. The molecule has 3 saturated heterocycles. The SMILES string of the molecule is O=S1CCC(NC2CCOC3(CCOCC3)C2)CC1. The normalized spacial score (nSPS) is 39.3. The summed E-state index contributed by atoms with van der Waals surface area (Å²) in [7, 11) is -0.559. The van der Waals surface area contributed by atoms with E-state index in [0.29, 0.717) is 12.1 Å². The van der Waals surface area contributed by atoms with E-state index in [0.717, 1.165) is 69.9 Å². The van der Waals surface area contributed by atoms with Gasteiger partial charge in [-0.3, -0.25) is 4.21 Å². The van der Waals surface area contributed by atoms with Crippen LogP contribution < -0.4 is 5.32 Å². The third-order valence-electron chi connectivity index (χ3n) is 4.76. The number of hydrogen-bond donors (Lipinski definition) is 1. The minimum absolute atomic E-state index is 0.0751. The van der Waals surface area contributed by atoms with Crippen molar-refractivity contribution in [2.45, 2.75) is 56.2 Å². The van der Waals surface area contributed by atoms with Crippen LogP contribution in [0.2, 0.25) is 0 Å². The Labute approximate surface area is 118 Å². The van der Waals surface area contributed by atoms with Gasteiger partial charge in [0.25, 0.3) is 0 Å². The highest BCUT2D eigenvalue weighted by atomic mass is 32.2. The van der Waals surface area contributed by atoms with Crippen LogP contribution in [0.1, 0.15) is 38.5 Å². The van der Waals surface area contributed by atoms with E-state index in [4.69, 9.17) is 9.47 Å². The van der Waals surface area contributed by atoms with Crippen LogP contribution in [0, 0.1) is 0 Å². The molecular formula is C14H25NO3S. The van der Waals surface area contributed by atoms with Crippen LogP contribution in [-0.2, 0) is 20.3 Å². The number of rotatable bonds is 2. The molecular weight excluding hydrogens is 262 g/mol. The van der Waals surface area contributed by atoms with Crippen molar-refractivity contribution in [3.63, 3.8) is 0 Å². The van der Waals surface area contributed by atoms with Gasteiger partial charge in [0.05, 0.1) is 5.60 Å². The van der Waals surface area contributed by atoms with Crippen molar-refractivity contribution in [1.29, 1.82) is 0 Å². The fourth-order valence-corrected chi connectivity index (χ4v) is 4.85. The average molecular weight is 287 g/mol. The maximum absolute atomic E-state index is 11.4. The molecule has 3 rings (SSSR count). The van der Waals surface area contributed by atoms with E-state index in [9.17, 15) is 4.21 Å². The fraction of sp³-hybridized carbons (Fsp3) is 1.00. The summed E-state index contributed by atoms with van der Waals surface area (Å²) >= 11 is 0. The van der Waals surface area contributed by atoms with Crippen molar-refractivity contribution in [1.82, 2.24) is 5.32 Å². The van der Waals surface area contributed by atoms with Crippen LogP contribution >= 0.6 is 0 Å². The van der Waals surface area contributed by atoms with Crippen LogP contribution in [0.3, 0.4) is 0 Å². The maximum Gasteiger partial charge on any atom is 0.0741 e. The first-order valence-corrected chi connectivity index (χ1v) is 9.07. The zero-order valence-corrected chi connectivity index (χ0v) is 12.4. The lowest BCUT2D eigenvalue weighted by molar-refractivity contribution is -0.141. The van der Waals surface area contributed by atoms with Crippen molar-refractivity contribution in [3.05, 3.63) is 0 Å². The topological polar surface area (TPSA) is 47.6 Å². The predicted octanol–water partition coefficient (Wildman–Crippen LogP) is 1.22. The summed E-state index contributed by atoms with van der Waals surface area (Å²) in [5, 5.41) is 3.79. The summed E-state index contributed by atoms with van der Waals surface area (Å²) in [4.78, 5) is 0. The molecule has 0 aliphatic carbocycles. The van der Waals surface area contributed by atoms with Crippen LogP contribution in [0.5, 0.6) is 0 Å². The number of hydrogen-bond acceptors (Lipinski definition) is 4. The van der Waals surface area contributed by atoms with Gasteiger partial charge in [0, 0.05) is 54.2 Å². The second-order valence-electron chi connectivity index (χ2n) is 6.12. The van der Waals surface area contributed by atoms with E-state index in [1.54, 1.807) is 0 Å². The zero-order chi connectivity index (χ0) is 13.1. The molecule has 0 aromatic carbocycles. The summed E-state index contributed by atoms with van der Waals surface area (Å²) < 4.78 is 22.9. The van der Waals surface area contributed by atoms with Crippen LogP contribution in [0.15, 0.2) is 0 Å². The first-order valence-electron chi connectivity index (χ1n) is 7.59. The molecule has 0 saturated carbocycles. The molecule has 19 heavy (non-hydrogen) atoms.